The Morgan fingerprint density at radius 2 is 1.88 bits per heavy atom. The molecular formula is C28H24FN5. The summed E-state index contributed by atoms with van der Waals surface area (Å²) in [6.45, 7) is 2.13. The van der Waals surface area contributed by atoms with Crippen molar-refractivity contribution in [2.75, 3.05) is 5.32 Å². The maximum atomic E-state index is 13.6. The largest absolute Gasteiger partial charge is 0.347 e. The Morgan fingerprint density at radius 3 is 2.74 bits per heavy atom. The summed E-state index contributed by atoms with van der Waals surface area (Å²) in [5.41, 5.74) is 7.97. The molecule has 0 amide bonds. The van der Waals surface area contributed by atoms with Crippen LogP contribution in [0.2, 0.25) is 0 Å². The summed E-state index contributed by atoms with van der Waals surface area (Å²) in [6.07, 6.45) is 6.80. The minimum absolute atomic E-state index is 0.192. The maximum Gasteiger partial charge on any atom is 0.223 e. The van der Waals surface area contributed by atoms with Crippen LogP contribution in [0.1, 0.15) is 36.1 Å². The highest BCUT2D eigenvalue weighted by atomic mass is 19.1. The number of hydrogen-bond donors (Lipinski definition) is 1. The van der Waals surface area contributed by atoms with E-state index < -0.39 is 0 Å². The molecule has 34 heavy (non-hydrogen) atoms. The molecular weight excluding hydrogens is 425 g/mol. The molecule has 168 valence electrons. The van der Waals surface area contributed by atoms with Gasteiger partial charge in [0.25, 0.3) is 0 Å². The molecule has 2 aromatic carbocycles. The first-order valence-electron chi connectivity index (χ1n) is 11.6. The van der Waals surface area contributed by atoms with E-state index in [-0.39, 0.29) is 11.9 Å². The van der Waals surface area contributed by atoms with Gasteiger partial charge in [-0.15, -0.1) is 0 Å². The van der Waals surface area contributed by atoms with Crippen molar-refractivity contribution in [3.05, 3.63) is 102 Å². The Balaban J connectivity index is 1.45. The summed E-state index contributed by atoms with van der Waals surface area (Å²) in [5.74, 6) is 0.317. The monoisotopic (exact) mass is 449 g/mol. The van der Waals surface area contributed by atoms with Gasteiger partial charge in [-0.3, -0.25) is 4.40 Å². The molecule has 0 aliphatic heterocycles. The third-order valence-corrected chi connectivity index (χ3v) is 6.55. The van der Waals surface area contributed by atoms with Crippen LogP contribution in [0, 0.1) is 5.82 Å². The molecule has 0 fully saturated rings. The van der Waals surface area contributed by atoms with E-state index in [1.54, 1.807) is 18.3 Å². The van der Waals surface area contributed by atoms with E-state index in [4.69, 9.17) is 9.97 Å². The van der Waals surface area contributed by atoms with E-state index in [2.05, 4.69) is 58.0 Å². The molecule has 0 saturated heterocycles. The molecule has 1 N–H and O–H groups in total. The van der Waals surface area contributed by atoms with Gasteiger partial charge in [-0.2, -0.15) is 0 Å². The molecule has 0 bridgehead atoms. The van der Waals surface area contributed by atoms with Gasteiger partial charge in [0, 0.05) is 18.0 Å². The summed E-state index contributed by atoms with van der Waals surface area (Å²) in [4.78, 5) is 14.3. The van der Waals surface area contributed by atoms with Crippen LogP contribution in [0.4, 0.5) is 10.3 Å². The second-order valence-electron chi connectivity index (χ2n) is 8.63. The summed E-state index contributed by atoms with van der Waals surface area (Å²) in [7, 11) is 0. The molecule has 1 aliphatic carbocycles. The lowest BCUT2D eigenvalue weighted by molar-refractivity contribution is 0.628. The number of pyridine rings is 1. The molecule has 1 unspecified atom stereocenters. The lowest BCUT2D eigenvalue weighted by Gasteiger charge is -2.14. The number of aromatic nitrogens is 4. The Kier molecular flexibility index (Phi) is 5.06. The number of nitrogens with zero attached hydrogens (tertiary/aromatic N) is 4. The fourth-order valence-electron chi connectivity index (χ4n) is 4.78. The van der Waals surface area contributed by atoms with Crippen molar-refractivity contribution in [2.24, 2.45) is 0 Å². The van der Waals surface area contributed by atoms with Crippen LogP contribution in [-0.4, -0.2) is 19.4 Å². The van der Waals surface area contributed by atoms with E-state index in [9.17, 15) is 4.39 Å². The predicted molar refractivity (Wildman–Crippen MR) is 132 cm³/mol. The minimum atomic E-state index is -0.271. The highest BCUT2D eigenvalue weighted by molar-refractivity contribution is 5.80. The van der Waals surface area contributed by atoms with Crippen molar-refractivity contribution in [3.8, 4) is 22.6 Å². The molecule has 0 radical (unpaired) electrons. The molecule has 1 atom stereocenters. The number of hydrogen-bond acceptors (Lipinski definition) is 4. The molecule has 3 heterocycles. The van der Waals surface area contributed by atoms with Gasteiger partial charge in [0.05, 0.1) is 23.1 Å². The van der Waals surface area contributed by atoms with Gasteiger partial charge in [-0.25, -0.2) is 19.3 Å². The fraction of sp³-hybridized carbons (Fsp3) is 0.179. The quantitative estimate of drug-likeness (QED) is 0.344. The van der Waals surface area contributed by atoms with E-state index >= 15 is 0 Å². The van der Waals surface area contributed by atoms with Crippen LogP contribution in [0.15, 0.2) is 79.1 Å². The number of nitrogens with one attached hydrogen (secondary N) is 1. The van der Waals surface area contributed by atoms with Crippen molar-refractivity contribution in [3.63, 3.8) is 0 Å². The molecule has 6 heteroatoms. The second-order valence-corrected chi connectivity index (χ2v) is 8.63. The number of anilines is 1. The summed E-state index contributed by atoms with van der Waals surface area (Å²) < 4.78 is 15.7. The highest BCUT2D eigenvalue weighted by Gasteiger charge is 2.23. The molecule has 5 aromatic rings. The van der Waals surface area contributed by atoms with Crippen molar-refractivity contribution in [2.45, 2.75) is 32.2 Å². The molecule has 0 saturated carbocycles. The zero-order valence-corrected chi connectivity index (χ0v) is 18.9. The molecule has 0 spiro atoms. The number of imidazole rings is 1. The van der Waals surface area contributed by atoms with Crippen LogP contribution >= 0.6 is 0 Å². The lowest BCUT2D eigenvalue weighted by Crippen LogP contribution is -2.10. The Hall–Kier alpha value is -4.06. The van der Waals surface area contributed by atoms with Gasteiger partial charge in [0.1, 0.15) is 11.5 Å². The smallest absolute Gasteiger partial charge is 0.223 e. The number of benzene rings is 2. The van der Waals surface area contributed by atoms with Crippen molar-refractivity contribution in [1.82, 2.24) is 19.4 Å². The number of fused-ring (bicyclic) bond motifs is 2. The van der Waals surface area contributed by atoms with Crippen molar-refractivity contribution < 1.29 is 4.39 Å². The SMILES string of the molecule is CCc1ccn2c(-c3ccnc(NC4CCc5ccccc54)n3)c(-c3ccc(F)cc3)nc2c1. The number of aryl methyl sites for hydroxylation is 2. The highest BCUT2D eigenvalue weighted by Crippen LogP contribution is 2.35. The van der Waals surface area contributed by atoms with E-state index in [1.165, 1.54) is 28.8 Å². The average Bonchev–Trinajstić information content (AvgIpc) is 3.46. The van der Waals surface area contributed by atoms with Crippen molar-refractivity contribution in [1.29, 1.82) is 0 Å². The van der Waals surface area contributed by atoms with E-state index in [0.29, 0.717) is 5.95 Å². The first-order chi connectivity index (χ1) is 16.7. The summed E-state index contributed by atoms with van der Waals surface area (Å²) in [6, 6.07) is 21.3. The van der Waals surface area contributed by atoms with Gasteiger partial charge < -0.3 is 5.32 Å². The number of halogens is 1. The molecule has 3 aromatic heterocycles. The van der Waals surface area contributed by atoms with Gasteiger partial charge in [-0.05, 0) is 78.4 Å². The standard InChI is InChI=1S/C28H24FN5/c1-2-18-14-16-34-25(17-18)33-26(20-7-10-21(29)11-8-20)27(34)24-13-15-30-28(32-24)31-23-12-9-19-5-3-4-6-22(19)23/h3-8,10-11,13-17,23H,2,9,12H2,1H3,(H,30,31,32). The Morgan fingerprint density at radius 1 is 1.03 bits per heavy atom. The van der Waals surface area contributed by atoms with Crippen LogP contribution < -0.4 is 5.32 Å². The first-order valence-corrected chi connectivity index (χ1v) is 11.6. The summed E-state index contributed by atoms with van der Waals surface area (Å²) >= 11 is 0. The van der Waals surface area contributed by atoms with E-state index in [0.717, 1.165) is 47.6 Å². The second kappa shape index (κ2) is 8.37. The van der Waals surface area contributed by atoms with Crippen molar-refractivity contribution >= 4 is 11.6 Å². The molecule has 6 rings (SSSR count). The third kappa shape index (κ3) is 3.61. The average molecular weight is 450 g/mol. The fourth-order valence-corrected chi connectivity index (χ4v) is 4.78. The lowest BCUT2D eigenvalue weighted by atomic mass is 10.1. The van der Waals surface area contributed by atoms with Crippen LogP contribution in [0.3, 0.4) is 0 Å². The van der Waals surface area contributed by atoms with Gasteiger partial charge in [0.2, 0.25) is 5.95 Å². The van der Waals surface area contributed by atoms with Gasteiger partial charge in [-0.1, -0.05) is 31.2 Å². The number of rotatable bonds is 5. The molecule has 1 aliphatic rings. The van der Waals surface area contributed by atoms with Crippen LogP contribution in [0.25, 0.3) is 28.3 Å². The molecule has 5 nitrogen and oxygen atoms in total. The van der Waals surface area contributed by atoms with Gasteiger partial charge >= 0.3 is 0 Å². The predicted octanol–water partition coefficient (Wildman–Crippen LogP) is 6.26. The minimum Gasteiger partial charge on any atom is -0.347 e. The Labute approximate surface area is 197 Å². The normalized spacial score (nSPS) is 14.9. The zero-order chi connectivity index (χ0) is 23.1. The maximum absolute atomic E-state index is 13.6. The summed E-state index contributed by atoms with van der Waals surface area (Å²) in [5, 5.41) is 3.53. The Bertz CT molecular complexity index is 1490. The first kappa shape index (κ1) is 20.5. The van der Waals surface area contributed by atoms with Crippen LogP contribution in [0.5, 0.6) is 0 Å². The van der Waals surface area contributed by atoms with E-state index in [1.807, 2.05) is 12.3 Å². The topological polar surface area (TPSA) is 55.1 Å². The van der Waals surface area contributed by atoms with Crippen LogP contribution in [-0.2, 0) is 12.8 Å². The van der Waals surface area contributed by atoms with Gasteiger partial charge in [0.15, 0.2) is 0 Å². The third-order valence-electron chi connectivity index (χ3n) is 6.55. The zero-order valence-electron chi connectivity index (χ0n) is 18.9.